The molecule has 12 N–H and O–H groups in total. The normalized spacial score (nSPS) is 13.2. The quantitative estimate of drug-likeness (QED) is 0.0181. The number of likely N-dealkylation sites (N-methyl/N-ethyl adjacent to an activating group) is 1. The van der Waals surface area contributed by atoms with Crippen LogP contribution in [0.1, 0.15) is 152 Å². The third kappa shape index (κ3) is 24.8. The molecule has 8 aromatic heterocycles. The second-order valence-electron chi connectivity index (χ2n) is 32.1. The summed E-state index contributed by atoms with van der Waals surface area (Å²) < 4.78 is 0. The second kappa shape index (κ2) is 40.8. The van der Waals surface area contributed by atoms with Crippen molar-refractivity contribution in [2.75, 3.05) is 96.4 Å². The van der Waals surface area contributed by atoms with E-state index in [1.807, 2.05) is 67.9 Å². The van der Waals surface area contributed by atoms with E-state index in [0.717, 1.165) is 79.2 Å². The molecular weight excluding hydrogens is 1550 g/mol. The number of rotatable bonds is 21. The van der Waals surface area contributed by atoms with Crippen molar-refractivity contribution in [3.05, 3.63) is 281 Å². The highest BCUT2D eigenvalue weighted by Gasteiger charge is 2.23. The van der Waals surface area contributed by atoms with E-state index in [2.05, 4.69) is 170 Å². The Morgan fingerprint density at radius 2 is 0.860 bits per heavy atom. The van der Waals surface area contributed by atoms with E-state index < -0.39 is 0 Å². The lowest BCUT2D eigenvalue weighted by molar-refractivity contribution is 0.101. The van der Waals surface area contributed by atoms with Gasteiger partial charge in [-0.1, -0.05) is 110 Å². The minimum absolute atomic E-state index is 0.00120. The maximum Gasteiger partial charge on any atom is 0.271 e. The number of piperidine rings is 1. The zero-order valence-electron chi connectivity index (χ0n) is 70.0. The Labute approximate surface area is 706 Å². The Balaban J connectivity index is 0.000000158. The van der Waals surface area contributed by atoms with Gasteiger partial charge in [-0.25, -0.2) is 39.9 Å². The van der Waals surface area contributed by atoms with Crippen LogP contribution in [0.2, 0.25) is 0 Å². The predicted molar refractivity (Wildman–Crippen MR) is 481 cm³/mol. The third-order valence-electron chi connectivity index (χ3n) is 20.1. The maximum absolute atomic E-state index is 12.7. The van der Waals surface area contributed by atoms with Crippen molar-refractivity contribution in [3.63, 3.8) is 0 Å². The molecule has 14 rings (SSSR count). The zero-order valence-corrected chi connectivity index (χ0v) is 70.8. The summed E-state index contributed by atoms with van der Waals surface area (Å²) in [5.74, 6) is 0.379. The SMILES string of the molecule is CC(C)(C)c1ccc(C(=O)Nc2cc(-c3cc(CC4CCNC4)ncn3)c[nH]c2=O)cc1.CNCCNc1cc(-c2c[nH]c(=O)c(NC(=O)c3ccc(C(C)(C)C)cc3)c2)ncn1.CNc1nccc(-c2c[nH]c(=O)c(NC(=O)c3ccc(N4CCCCC4)cc3)c2)n1.CSc1nccc(-c2c[nH]c(=O)c(NC(=O)c3ccc(C(C)(C)C)cc3)c2)n1. The van der Waals surface area contributed by atoms with Crippen molar-refractivity contribution < 1.29 is 19.2 Å². The minimum Gasteiger partial charge on any atom is -0.372 e. The molecule has 0 bridgehead atoms. The van der Waals surface area contributed by atoms with Gasteiger partial charge in [-0.15, -0.1) is 0 Å². The summed E-state index contributed by atoms with van der Waals surface area (Å²) in [6, 6.07) is 43.5. The predicted octanol–water partition coefficient (Wildman–Crippen LogP) is 13.8. The lowest BCUT2D eigenvalue weighted by Crippen LogP contribution is -2.29. The number of aromatic nitrogens is 12. The molecule has 1 unspecified atom stereocenters. The number of thioether (sulfide) groups is 1. The first-order valence-corrected chi connectivity index (χ1v) is 41.2. The molecule has 0 saturated carbocycles. The van der Waals surface area contributed by atoms with Gasteiger partial charge >= 0.3 is 0 Å². The average Bonchev–Trinajstić information content (AvgIpc) is 1.29. The summed E-state index contributed by atoms with van der Waals surface area (Å²) in [7, 11) is 3.61. The first-order chi connectivity index (χ1) is 58.0. The molecule has 0 radical (unpaired) electrons. The van der Waals surface area contributed by atoms with Crippen LogP contribution in [-0.4, -0.2) is 143 Å². The van der Waals surface area contributed by atoms with Crippen LogP contribution in [0, 0.1) is 5.92 Å². The summed E-state index contributed by atoms with van der Waals surface area (Å²) in [6.07, 6.45) is 20.2. The molecule has 30 heteroatoms. The average molecular weight is 1650 g/mol. The van der Waals surface area contributed by atoms with Crippen LogP contribution in [0.3, 0.4) is 0 Å². The monoisotopic (exact) mass is 1650 g/mol. The molecule has 4 amide bonds. The molecule has 4 aromatic carbocycles. The molecule has 2 saturated heterocycles. The number of benzene rings is 4. The van der Waals surface area contributed by atoms with Crippen LogP contribution >= 0.6 is 11.8 Å². The number of aromatic amines is 4. The molecule has 2 aliphatic heterocycles. The standard InChI is InChI=1S/C25H29N5O2.C23H28N6O2.C22H24N6O2.C21H22N4O2S/c1-25(2,3)19-6-4-17(5-7-19)23(31)30-22-11-18(14-27-24(22)32)21-12-20(28-15-29-21)10-16-8-9-26-13-16;1-23(2,3)17-7-5-15(6-8-17)21(30)29-19-11-16(13-26-22(19)31)18-12-20(28-14-27-18)25-10-9-24-4;1-23-22-24-10-9-18(27-22)16-13-19(21(30)25-14-16)26-20(29)15-5-7-17(8-6-15)28-11-3-2-4-12-28;1-21(2,3)15-7-5-13(6-8-15)18(26)24-17-11-14(12-23-19(17)27)16-9-10-22-20(25-16)28-4/h4-7,11-12,14-16,26H,8-10,13H2,1-3H3,(H,27,32)(H,30,31);5-8,11-14,24H,9-10H2,1-4H3,(H,26,31)(H,29,30)(H,25,27,28);5-10,13-14H,2-4,11-12H2,1H3,(H,25,30)(H,26,29)(H,23,24,27);5-12H,1-4H3,(H,23,27)(H,24,26). The van der Waals surface area contributed by atoms with Crippen molar-refractivity contribution in [1.82, 2.24) is 70.4 Å². The van der Waals surface area contributed by atoms with Crippen LogP contribution in [0.15, 0.2) is 220 Å². The number of amides is 4. The Kier molecular flexibility index (Phi) is 29.8. The van der Waals surface area contributed by atoms with Gasteiger partial charge in [0.05, 0.1) is 22.8 Å². The van der Waals surface area contributed by atoms with Crippen LogP contribution in [-0.2, 0) is 22.7 Å². The van der Waals surface area contributed by atoms with Gasteiger partial charge < -0.3 is 67.4 Å². The van der Waals surface area contributed by atoms with E-state index in [9.17, 15) is 38.4 Å². The Morgan fingerprint density at radius 3 is 1.26 bits per heavy atom. The van der Waals surface area contributed by atoms with Gasteiger partial charge in [-0.3, -0.25) is 38.4 Å². The molecule has 12 aromatic rings. The number of nitrogens with one attached hydrogen (secondary N) is 12. The summed E-state index contributed by atoms with van der Waals surface area (Å²) in [4.78, 5) is 147. The van der Waals surface area contributed by atoms with E-state index in [-0.39, 0.29) is 84.9 Å². The highest BCUT2D eigenvalue weighted by molar-refractivity contribution is 7.98. The molecule has 2 aliphatic rings. The van der Waals surface area contributed by atoms with E-state index >= 15 is 0 Å². The van der Waals surface area contributed by atoms with E-state index in [0.29, 0.717) is 91.1 Å². The van der Waals surface area contributed by atoms with E-state index in [1.54, 1.807) is 142 Å². The largest absolute Gasteiger partial charge is 0.372 e. The van der Waals surface area contributed by atoms with E-state index in [1.165, 1.54) is 37.4 Å². The number of carbonyl (C=O) groups is 4. The molecule has 1 atom stereocenters. The number of hydrogen-bond acceptors (Lipinski definition) is 22. The molecule has 29 nitrogen and oxygen atoms in total. The first kappa shape index (κ1) is 88.4. The number of carbonyl (C=O) groups excluding carboxylic acids is 4. The van der Waals surface area contributed by atoms with Gasteiger partial charge in [0.1, 0.15) is 41.2 Å². The summed E-state index contributed by atoms with van der Waals surface area (Å²) in [5, 5.41) is 24.0. The Hall–Kier alpha value is -13.5. The van der Waals surface area contributed by atoms with Gasteiger partial charge in [-0.2, -0.15) is 0 Å². The van der Waals surface area contributed by atoms with Crippen molar-refractivity contribution in [2.45, 2.75) is 116 Å². The lowest BCUT2D eigenvalue weighted by Gasteiger charge is -2.28. The molecule has 626 valence electrons. The lowest BCUT2D eigenvalue weighted by atomic mass is 9.86. The van der Waals surface area contributed by atoms with Gasteiger partial charge in [-0.05, 0) is 200 Å². The first-order valence-electron chi connectivity index (χ1n) is 39.9. The van der Waals surface area contributed by atoms with E-state index in [4.69, 9.17) is 0 Å². The number of nitrogens with zero attached hydrogens (tertiary/aromatic N) is 9. The summed E-state index contributed by atoms with van der Waals surface area (Å²) in [5.41, 5.74) is 12.1. The van der Waals surface area contributed by atoms with Gasteiger partial charge in [0, 0.05) is 132 Å². The zero-order chi connectivity index (χ0) is 86.4. The summed E-state index contributed by atoms with van der Waals surface area (Å²) in [6.45, 7) is 24.7. The number of anilines is 7. The fourth-order valence-corrected chi connectivity index (χ4v) is 13.4. The van der Waals surface area contributed by atoms with Crippen LogP contribution < -0.4 is 69.7 Å². The third-order valence-corrected chi connectivity index (χ3v) is 20.7. The second-order valence-corrected chi connectivity index (χ2v) is 32.9. The Bertz CT molecular complexity index is 5830. The van der Waals surface area contributed by atoms with Gasteiger partial charge in [0.15, 0.2) is 5.16 Å². The number of hydrogen-bond donors (Lipinski definition) is 12. The smallest absolute Gasteiger partial charge is 0.271 e. The van der Waals surface area contributed by atoms with Crippen LogP contribution in [0.4, 0.5) is 40.2 Å². The topological polar surface area (TPSA) is 402 Å². The molecule has 121 heavy (non-hydrogen) atoms. The molecular formula is C91H103N21O8S. The summed E-state index contributed by atoms with van der Waals surface area (Å²) >= 11 is 1.43. The van der Waals surface area contributed by atoms with Crippen molar-refractivity contribution in [3.8, 4) is 45.0 Å². The van der Waals surface area contributed by atoms with Crippen molar-refractivity contribution >= 4 is 75.6 Å². The van der Waals surface area contributed by atoms with Crippen molar-refractivity contribution in [2.24, 2.45) is 5.92 Å². The molecule has 10 heterocycles. The van der Waals surface area contributed by atoms with Crippen LogP contribution in [0.5, 0.6) is 0 Å². The highest BCUT2D eigenvalue weighted by Crippen LogP contribution is 2.30. The van der Waals surface area contributed by atoms with Crippen molar-refractivity contribution in [1.29, 1.82) is 0 Å². The molecule has 2 fully saturated rings. The maximum atomic E-state index is 12.7. The Morgan fingerprint density at radius 1 is 0.455 bits per heavy atom. The minimum atomic E-state index is -0.384. The molecule has 0 aliphatic carbocycles. The van der Waals surface area contributed by atoms with Crippen LogP contribution in [0.25, 0.3) is 45.0 Å². The molecule has 0 spiro atoms. The fraction of sp³-hybridized carbons (Fsp3) is 0.297. The fourth-order valence-electron chi connectivity index (χ4n) is 13.0. The highest BCUT2D eigenvalue weighted by atomic mass is 32.2. The van der Waals surface area contributed by atoms with Gasteiger partial charge in [0.25, 0.3) is 45.9 Å². The number of pyridine rings is 4. The van der Waals surface area contributed by atoms with Gasteiger partial charge in [0.2, 0.25) is 5.95 Å². The number of H-pyrrole nitrogens is 4.